The van der Waals surface area contributed by atoms with Crippen molar-refractivity contribution in [3.63, 3.8) is 0 Å². The number of carbonyl (C=O) groups is 2. The van der Waals surface area contributed by atoms with Crippen LogP contribution in [-0.4, -0.2) is 11.8 Å². The van der Waals surface area contributed by atoms with Gasteiger partial charge < -0.3 is 4.74 Å². The van der Waals surface area contributed by atoms with E-state index in [-0.39, 0.29) is 23.7 Å². The zero-order chi connectivity index (χ0) is 24.4. The Morgan fingerprint density at radius 1 is 0.722 bits per heavy atom. The Balaban J connectivity index is 1.25. The molecule has 2 amide bonds. The van der Waals surface area contributed by atoms with Gasteiger partial charge in [0.2, 0.25) is 11.8 Å². The molecule has 4 aromatic carbocycles. The van der Waals surface area contributed by atoms with Crippen molar-refractivity contribution in [3.8, 4) is 5.75 Å². The normalized spacial score (nSPS) is 25.4. The molecule has 1 fully saturated rings. The highest BCUT2D eigenvalue weighted by atomic mass is 16.5. The van der Waals surface area contributed by atoms with Crippen LogP contribution in [0.5, 0.6) is 5.75 Å². The van der Waals surface area contributed by atoms with Crippen molar-refractivity contribution < 1.29 is 14.3 Å². The molecule has 0 saturated carbocycles. The van der Waals surface area contributed by atoms with Crippen LogP contribution in [0.15, 0.2) is 103 Å². The summed E-state index contributed by atoms with van der Waals surface area (Å²) in [5, 5.41) is 0. The highest BCUT2D eigenvalue weighted by Crippen LogP contribution is 2.67. The molecule has 1 saturated heterocycles. The van der Waals surface area contributed by atoms with Gasteiger partial charge in [0.15, 0.2) is 0 Å². The van der Waals surface area contributed by atoms with E-state index in [1.165, 1.54) is 27.2 Å². The summed E-state index contributed by atoms with van der Waals surface area (Å²) >= 11 is 0. The minimum absolute atomic E-state index is 0.112. The number of carbonyl (C=O) groups excluding carboxylic acids is 2. The van der Waals surface area contributed by atoms with Gasteiger partial charge in [-0.05, 0) is 59.0 Å². The van der Waals surface area contributed by atoms with Gasteiger partial charge in [-0.3, -0.25) is 9.59 Å². The summed E-state index contributed by atoms with van der Waals surface area (Å²) in [6, 6.07) is 33.9. The van der Waals surface area contributed by atoms with E-state index in [1.807, 2.05) is 85.8 Å². The number of imide groups is 1. The van der Waals surface area contributed by atoms with E-state index in [9.17, 15) is 9.59 Å². The molecular weight excluding hydrogens is 446 g/mol. The van der Waals surface area contributed by atoms with Crippen LogP contribution in [0, 0.1) is 11.3 Å². The van der Waals surface area contributed by atoms with Crippen molar-refractivity contribution in [2.24, 2.45) is 11.3 Å². The minimum Gasteiger partial charge on any atom is -0.489 e. The van der Waals surface area contributed by atoms with E-state index in [2.05, 4.69) is 24.3 Å². The van der Waals surface area contributed by atoms with E-state index in [4.69, 9.17) is 4.74 Å². The predicted molar refractivity (Wildman–Crippen MR) is 138 cm³/mol. The molecule has 8 rings (SSSR count). The van der Waals surface area contributed by atoms with Gasteiger partial charge in [0.25, 0.3) is 0 Å². The summed E-state index contributed by atoms with van der Waals surface area (Å²) < 4.78 is 5.92. The molecule has 36 heavy (non-hydrogen) atoms. The van der Waals surface area contributed by atoms with E-state index < -0.39 is 11.3 Å². The molecule has 1 heterocycles. The molecule has 4 aromatic rings. The first kappa shape index (κ1) is 21.1. The maximum Gasteiger partial charge on any atom is 0.241 e. The van der Waals surface area contributed by atoms with Crippen LogP contribution in [0.3, 0.4) is 0 Å². The Kier molecular flexibility index (Phi) is 4.50. The van der Waals surface area contributed by atoms with E-state index in [0.29, 0.717) is 18.0 Å². The Morgan fingerprint density at radius 2 is 1.28 bits per heavy atom. The van der Waals surface area contributed by atoms with Crippen molar-refractivity contribution in [2.45, 2.75) is 25.4 Å². The monoisotopic (exact) mass is 471 g/mol. The van der Waals surface area contributed by atoms with Crippen LogP contribution in [0.2, 0.25) is 0 Å². The maximum absolute atomic E-state index is 14.2. The van der Waals surface area contributed by atoms with Crippen LogP contribution >= 0.6 is 0 Å². The van der Waals surface area contributed by atoms with Gasteiger partial charge in [0.1, 0.15) is 12.4 Å². The lowest BCUT2D eigenvalue weighted by Crippen LogP contribution is -2.49. The lowest BCUT2D eigenvalue weighted by Gasteiger charge is -2.51. The van der Waals surface area contributed by atoms with Gasteiger partial charge in [-0.15, -0.1) is 0 Å². The second-order valence-corrected chi connectivity index (χ2v) is 10.2. The lowest BCUT2D eigenvalue weighted by atomic mass is 9.48. The fraction of sp³-hybridized carbons (Fsp3) is 0.188. The highest BCUT2D eigenvalue weighted by molar-refractivity contribution is 6.25. The lowest BCUT2D eigenvalue weighted by molar-refractivity contribution is -0.128. The standard InChI is InChI=1S/C32H25NO3/c1-32-28-25-13-7-5-11-23(25)27(24-12-6-8-14-26(24)28)29(32)30(34)33(31(32)35)21-15-17-22(18-16-21)36-19-20-9-3-2-4-10-20/h2-18,27-29H,19H2,1H3/t27?,28?,29-,32-/m0/s1. The van der Waals surface area contributed by atoms with Gasteiger partial charge >= 0.3 is 0 Å². The molecule has 0 unspecified atom stereocenters. The highest BCUT2D eigenvalue weighted by Gasteiger charge is 2.68. The quantitative estimate of drug-likeness (QED) is 0.340. The van der Waals surface area contributed by atoms with Gasteiger partial charge in [0.05, 0.1) is 17.0 Å². The molecule has 4 heteroatoms. The number of anilines is 1. The Morgan fingerprint density at radius 3 is 1.89 bits per heavy atom. The minimum atomic E-state index is -0.826. The Hall–Kier alpha value is -4.18. The molecule has 3 aliphatic carbocycles. The predicted octanol–water partition coefficient (Wildman–Crippen LogP) is 6.05. The molecule has 2 bridgehead atoms. The van der Waals surface area contributed by atoms with Crippen molar-refractivity contribution >= 4 is 17.5 Å². The van der Waals surface area contributed by atoms with Gasteiger partial charge in [-0.2, -0.15) is 0 Å². The third kappa shape index (κ3) is 2.75. The average molecular weight is 472 g/mol. The SMILES string of the molecule is C[C@@]12C(=O)N(c3ccc(OCc4ccccc4)cc3)C(=O)[C@@H]1C1c3ccccc3C2c2ccccc21. The van der Waals surface area contributed by atoms with Crippen LogP contribution in [0.1, 0.15) is 46.6 Å². The first-order valence-corrected chi connectivity index (χ1v) is 12.4. The number of ether oxygens (including phenoxy) is 1. The second kappa shape index (κ2) is 7.66. The van der Waals surface area contributed by atoms with Crippen LogP contribution in [0.4, 0.5) is 5.69 Å². The Labute approximate surface area is 210 Å². The number of amides is 2. The number of benzene rings is 4. The molecule has 0 radical (unpaired) electrons. The summed E-state index contributed by atoms with van der Waals surface area (Å²) in [5.74, 6) is -0.218. The summed E-state index contributed by atoms with van der Waals surface area (Å²) in [4.78, 5) is 29.6. The number of hydrogen-bond donors (Lipinski definition) is 0. The van der Waals surface area contributed by atoms with Crippen molar-refractivity contribution in [2.75, 3.05) is 4.90 Å². The summed E-state index contributed by atoms with van der Waals surface area (Å²) in [6.07, 6.45) is 0. The molecule has 0 N–H and O–H groups in total. The molecular formula is C32H25NO3. The average Bonchev–Trinajstić information content (AvgIpc) is 3.13. The van der Waals surface area contributed by atoms with Crippen LogP contribution in [0.25, 0.3) is 0 Å². The van der Waals surface area contributed by atoms with Gasteiger partial charge in [-0.1, -0.05) is 78.9 Å². The Bertz CT molecular complexity index is 1460. The summed E-state index contributed by atoms with van der Waals surface area (Å²) in [7, 11) is 0. The second-order valence-electron chi connectivity index (χ2n) is 10.2. The van der Waals surface area contributed by atoms with Crippen LogP contribution in [-0.2, 0) is 16.2 Å². The third-order valence-corrected chi connectivity index (χ3v) is 8.36. The van der Waals surface area contributed by atoms with Crippen molar-refractivity contribution in [1.82, 2.24) is 0 Å². The van der Waals surface area contributed by atoms with E-state index in [1.54, 1.807) is 0 Å². The molecule has 176 valence electrons. The zero-order valence-corrected chi connectivity index (χ0v) is 19.9. The molecule has 1 aliphatic heterocycles. The first-order valence-electron chi connectivity index (χ1n) is 12.4. The van der Waals surface area contributed by atoms with E-state index >= 15 is 0 Å². The molecule has 2 atom stereocenters. The summed E-state index contributed by atoms with van der Waals surface area (Å²) in [6.45, 7) is 2.46. The zero-order valence-electron chi connectivity index (χ0n) is 19.9. The maximum atomic E-state index is 14.2. The molecule has 0 spiro atoms. The molecule has 4 nitrogen and oxygen atoms in total. The van der Waals surface area contributed by atoms with Crippen molar-refractivity contribution in [3.05, 3.63) is 131 Å². The number of rotatable bonds is 4. The topological polar surface area (TPSA) is 46.6 Å². The smallest absolute Gasteiger partial charge is 0.241 e. The summed E-state index contributed by atoms with van der Waals surface area (Å²) in [5.41, 5.74) is 5.55. The molecule has 4 aliphatic rings. The van der Waals surface area contributed by atoms with Crippen molar-refractivity contribution in [1.29, 1.82) is 0 Å². The van der Waals surface area contributed by atoms with E-state index in [0.717, 1.165) is 5.56 Å². The fourth-order valence-corrected chi connectivity index (χ4v) is 6.79. The van der Waals surface area contributed by atoms with Gasteiger partial charge in [-0.25, -0.2) is 4.90 Å². The van der Waals surface area contributed by atoms with Gasteiger partial charge in [0, 0.05) is 11.8 Å². The fourth-order valence-electron chi connectivity index (χ4n) is 6.79. The van der Waals surface area contributed by atoms with Crippen LogP contribution < -0.4 is 9.64 Å². The first-order chi connectivity index (χ1) is 17.6. The number of nitrogens with zero attached hydrogens (tertiary/aromatic N) is 1. The molecule has 0 aromatic heterocycles. The third-order valence-electron chi connectivity index (χ3n) is 8.36. The number of hydrogen-bond acceptors (Lipinski definition) is 3. The largest absolute Gasteiger partial charge is 0.489 e.